The topological polar surface area (TPSA) is 57.0 Å². The van der Waals surface area contributed by atoms with Gasteiger partial charge in [-0.1, -0.05) is 11.6 Å². The fourth-order valence-electron chi connectivity index (χ4n) is 2.04. The number of nitrogens with zero attached hydrogens (tertiary/aromatic N) is 3. The van der Waals surface area contributed by atoms with Gasteiger partial charge in [-0.15, -0.1) is 0 Å². The maximum atomic E-state index is 12.9. The van der Waals surface area contributed by atoms with Crippen molar-refractivity contribution in [1.29, 1.82) is 0 Å². The summed E-state index contributed by atoms with van der Waals surface area (Å²) in [6.07, 6.45) is -3.28. The lowest BCUT2D eigenvalue weighted by Gasteiger charge is -2.13. The molecule has 0 atom stereocenters. The van der Waals surface area contributed by atoms with Crippen LogP contribution in [0.4, 0.5) is 13.2 Å². The van der Waals surface area contributed by atoms with Crippen LogP contribution < -0.4 is 0 Å². The highest BCUT2D eigenvalue weighted by Crippen LogP contribution is 2.34. The van der Waals surface area contributed by atoms with Crippen LogP contribution in [0.5, 0.6) is 0 Å². The molecule has 9 heteroatoms. The first kappa shape index (κ1) is 17.3. The number of halogens is 4. The first-order valence-electron chi connectivity index (χ1n) is 6.63. The average Bonchev–Trinajstić information content (AvgIpc) is 2.82. The van der Waals surface area contributed by atoms with Crippen molar-refractivity contribution in [2.75, 3.05) is 6.61 Å². The van der Waals surface area contributed by atoms with Crippen molar-refractivity contribution < 1.29 is 22.7 Å². The van der Waals surface area contributed by atoms with Crippen molar-refractivity contribution in [3.8, 4) is 5.82 Å². The smallest absolute Gasteiger partial charge is 0.418 e. The van der Waals surface area contributed by atoms with Crippen molar-refractivity contribution in [2.24, 2.45) is 0 Å². The molecule has 2 aromatic rings. The van der Waals surface area contributed by atoms with E-state index in [1.165, 1.54) is 17.8 Å². The first-order valence-corrected chi connectivity index (χ1v) is 7.01. The van der Waals surface area contributed by atoms with Gasteiger partial charge in [0.05, 0.1) is 34.8 Å². The van der Waals surface area contributed by atoms with E-state index in [0.29, 0.717) is 5.69 Å². The lowest BCUT2D eigenvalue weighted by Crippen LogP contribution is -2.13. The van der Waals surface area contributed by atoms with Gasteiger partial charge in [0, 0.05) is 0 Å². The molecular weight excluding hydrogens is 335 g/mol. The Balaban J connectivity index is 2.52. The third kappa shape index (κ3) is 3.31. The molecule has 0 aromatic carbocycles. The van der Waals surface area contributed by atoms with E-state index in [1.54, 1.807) is 13.8 Å². The number of ether oxygens (including phenoxy) is 1. The molecule has 0 amide bonds. The zero-order chi connectivity index (χ0) is 17.4. The number of rotatable bonds is 3. The lowest BCUT2D eigenvalue weighted by molar-refractivity contribution is -0.138. The highest BCUT2D eigenvalue weighted by atomic mass is 35.5. The molecule has 0 radical (unpaired) electrons. The van der Waals surface area contributed by atoms with Crippen LogP contribution in [0, 0.1) is 13.8 Å². The number of hydrogen-bond donors (Lipinski definition) is 0. The standard InChI is InChI=1S/C14H13ClF3N3O2/c1-4-23-13(22)9-6-19-21(8(9)3)12-11(15)5-10(7(2)20-12)14(16,17)18/h5-6H,4H2,1-3H3. The van der Waals surface area contributed by atoms with Gasteiger partial charge in [0.2, 0.25) is 0 Å². The maximum Gasteiger partial charge on any atom is 0.418 e. The van der Waals surface area contributed by atoms with E-state index in [0.717, 1.165) is 6.07 Å². The number of aryl methyl sites for hydroxylation is 1. The molecule has 0 unspecified atom stereocenters. The molecule has 0 aliphatic rings. The Bertz CT molecular complexity index is 756. The van der Waals surface area contributed by atoms with Crippen LogP contribution in [-0.2, 0) is 10.9 Å². The van der Waals surface area contributed by atoms with E-state index in [2.05, 4.69) is 10.1 Å². The normalized spacial score (nSPS) is 11.6. The van der Waals surface area contributed by atoms with Gasteiger partial charge in [-0.25, -0.2) is 14.5 Å². The lowest BCUT2D eigenvalue weighted by atomic mass is 10.2. The second-order valence-corrected chi connectivity index (χ2v) is 5.11. The number of pyridine rings is 1. The molecule has 23 heavy (non-hydrogen) atoms. The number of aromatic nitrogens is 3. The fraction of sp³-hybridized carbons (Fsp3) is 0.357. The van der Waals surface area contributed by atoms with E-state index >= 15 is 0 Å². The molecule has 5 nitrogen and oxygen atoms in total. The van der Waals surface area contributed by atoms with E-state index < -0.39 is 17.7 Å². The van der Waals surface area contributed by atoms with Crippen molar-refractivity contribution in [3.05, 3.63) is 39.8 Å². The van der Waals surface area contributed by atoms with Crippen molar-refractivity contribution in [2.45, 2.75) is 26.9 Å². The molecule has 0 bridgehead atoms. The highest BCUT2D eigenvalue weighted by Gasteiger charge is 2.34. The van der Waals surface area contributed by atoms with E-state index in [4.69, 9.17) is 16.3 Å². The van der Waals surface area contributed by atoms with Gasteiger partial charge < -0.3 is 4.74 Å². The molecule has 2 aromatic heterocycles. The summed E-state index contributed by atoms with van der Waals surface area (Å²) < 4.78 is 44.7. The molecule has 0 saturated heterocycles. The third-order valence-electron chi connectivity index (χ3n) is 3.16. The molecule has 0 saturated carbocycles. The van der Waals surface area contributed by atoms with Crippen LogP contribution in [0.3, 0.4) is 0 Å². The molecule has 0 N–H and O–H groups in total. The Morgan fingerprint density at radius 1 is 1.39 bits per heavy atom. The Morgan fingerprint density at radius 2 is 2.04 bits per heavy atom. The quantitative estimate of drug-likeness (QED) is 0.794. The Morgan fingerprint density at radius 3 is 2.61 bits per heavy atom. The van der Waals surface area contributed by atoms with Crippen LogP contribution in [0.2, 0.25) is 5.02 Å². The Hall–Kier alpha value is -2.09. The second kappa shape index (κ2) is 6.19. The highest BCUT2D eigenvalue weighted by molar-refractivity contribution is 6.32. The minimum absolute atomic E-state index is 0.0187. The summed E-state index contributed by atoms with van der Waals surface area (Å²) in [5, 5.41) is 3.75. The zero-order valence-electron chi connectivity index (χ0n) is 12.5. The largest absolute Gasteiger partial charge is 0.462 e. The van der Waals surface area contributed by atoms with E-state index in [-0.39, 0.29) is 28.7 Å². The molecule has 124 valence electrons. The van der Waals surface area contributed by atoms with Gasteiger partial charge in [-0.2, -0.15) is 18.3 Å². The first-order chi connectivity index (χ1) is 10.7. The van der Waals surface area contributed by atoms with Gasteiger partial charge in [-0.3, -0.25) is 0 Å². The molecular formula is C14H13ClF3N3O2. The molecule has 2 heterocycles. The van der Waals surface area contributed by atoms with Gasteiger partial charge in [-0.05, 0) is 26.8 Å². The van der Waals surface area contributed by atoms with Gasteiger partial charge in [0.1, 0.15) is 5.56 Å². The molecule has 0 spiro atoms. The number of esters is 1. The summed E-state index contributed by atoms with van der Waals surface area (Å²) >= 11 is 5.92. The number of hydrogen-bond acceptors (Lipinski definition) is 4. The monoisotopic (exact) mass is 347 g/mol. The SMILES string of the molecule is CCOC(=O)c1cnn(-c2nc(C)c(C(F)(F)F)cc2Cl)c1C. The van der Waals surface area contributed by atoms with Crippen LogP contribution >= 0.6 is 11.6 Å². The minimum Gasteiger partial charge on any atom is -0.462 e. The van der Waals surface area contributed by atoms with Crippen LogP contribution in [0.1, 0.15) is 34.2 Å². The van der Waals surface area contributed by atoms with Crippen LogP contribution in [0.15, 0.2) is 12.3 Å². The summed E-state index contributed by atoms with van der Waals surface area (Å²) in [7, 11) is 0. The fourth-order valence-corrected chi connectivity index (χ4v) is 2.27. The van der Waals surface area contributed by atoms with E-state index in [1.807, 2.05) is 0 Å². The third-order valence-corrected chi connectivity index (χ3v) is 3.44. The molecule has 0 aliphatic heterocycles. The van der Waals surface area contributed by atoms with Gasteiger partial charge >= 0.3 is 12.1 Å². The second-order valence-electron chi connectivity index (χ2n) is 4.70. The molecule has 2 rings (SSSR count). The number of carbonyl (C=O) groups is 1. The Kier molecular flexibility index (Phi) is 4.65. The van der Waals surface area contributed by atoms with Crippen molar-refractivity contribution in [1.82, 2.24) is 14.8 Å². The maximum absolute atomic E-state index is 12.9. The van der Waals surface area contributed by atoms with Crippen molar-refractivity contribution >= 4 is 17.6 Å². The molecule has 0 aliphatic carbocycles. The van der Waals surface area contributed by atoms with Gasteiger partial charge in [0.15, 0.2) is 5.82 Å². The summed E-state index contributed by atoms with van der Waals surface area (Å²) in [5.41, 5.74) is -0.578. The molecule has 0 fully saturated rings. The predicted molar refractivity (Wildman–Crippen MR) is 76.8 cm³/mol. The summed E-state index contributed by atoms with van der Waals surface area (Å²) in [6.45, 7) is 4.66. The summed E-state index contributed by atoms with van der Waals surface area (Å²) in [5.74, 6) is -0.554. The summed E-state index contributed by atoms with van der Waals surface area (Å²) in [4.78, 5) is 15.7. The average molecular weight is 348 g/mol. The van der Waals surface area contributed by atoms with E-state index in [9.17, 15) is 18.0 Å². The van der Waals surface area contributed by atoms with Crippen molar-refractivity contribution in [3.63, 3.8) is 0 Å². The number of alkyl halides is 3. The van der Waals surface area contributed by atoms with Gasteiger partial charge in [0.25, 0.3) is 0 Å². The number of carbonyl (C=O) groups excluding carboxylic acids is 1. The van der Waals surface area contributed by atoms with Crippen LogP contribution in [-0.4, -0.2) is 27.3 Å². The minimum atomic E-state index is -4.55. The predicted octanol–water partition coefficient (Wildman–Crippen LogP) is 3.73. The summed E-state index contributed by atoms with van der Waals surface area (Å²) in [6, 6.07) is 0.796. The zero-order valence-corrected chi connectivity index (χ0v) is 13.3. The van der Waals surface area contributed by atoms with Crippen LogP contribution in [0.25, 0.3) is 5.82 Å². The Labute approximate surface area is 135 Å².